The van der Waals surface area contributed by atoms with Crippen molar-refractivity contribution in [2.45, 2.75) is 31.2 Å². The number of alkyl halides is 3. The summed E-state index contributed by atoms with van der Waals surface area (Å²) in [5, 5.41) is 9.24. The highest BCUT2D eigenvalue weighted by Crippen LogP contribution is 2.34. The summed E-state index contributed by atoms with van der Waals surface area (Å²) in [4.78, 5) is 3.41. The second-order valence-electron chi connectivity index (χ2n) is 4.64. The summed E-state index contributed by atoms with van der Waals surface area (Å²) in [6.07, 6.45) is -6.14. The molecule has 1 aromatic heterocycles. The number of nitrogens with zero attached hydrogens (tertiary/aromatic N) is 1. The van der Waals surface area contributed by atoms with Gasteiger partial charge in [-0.05, 0) is 28.9 Å². The fourth-order valence-corrected chi connectivity index (χ4v) is 2.99. The van der Waals surface area contributed by atoms with Gasteiger partial charge in [0.25, 0.3) is 0 Å². The van der Waals surface area contributed by atoms with Crippen LogP contribution in [-0.2, 0) is 16.5 Å². The Kier molecular flexibility index (Phi) is 5.87. The van der Waals surface area contributed by atoms with Crippen LogP contribution in [0.3, 0.4) is 0 Å². The number of rotatable bonds is 5. The first-order valence-electron chi connectivity index (χ1n) is 5.63. The van der Waals surface area contributed by atoms with E-state index in [1.165, 1.54) is 19.2 Å². The van der Waals surface area contributed by atoms with E-state index >= 15 is 0 Å². The quantitative estimate of drug-likeness (QED) is 0.597. The summed E-state index contributed by atoms with van der Waals surface area (Å²) in [6.45, 7) is 1.22. The molecule has 3 atom stereocenters. The van der Waals surface area contributed by atoms with Crippen LogP contribution in [0, 0.1) is 5.95 Å². The zero-order valence-electron chi connectivity index (χ0n) is 11.0. The normalized spacial score (nSPS) is 18.1. The van der Waals surface area contributed by atoms with Crippen molar-refractivity contribution < 1.29 is 26.9 Å². The van der Waals surface area contributed by atoms with Gasteiger partial charge in [0, 0.05) is 28.9 Å². The Bertz CT molecular complexity index is 543. The van der Waals surface area contributed by atoms with E-state index in [0.717, 1.165) is 6.20 Å². The summed E-state index contributed by atoms with van der Waals surface area (Å²) in [7, 11) is -1.73. The van der Waals surface area contributed by atoms with E-state index in [2.05, 4.69) is 25.6 Å². The van der Waals surface area contributed by atoms with Crippen LogP contribution in [0.15, 0.2) is 16.7 Å². The molecule has 0 radical (unpaired) electrons. The third kappa shape index (κ3) is 4.97. The number of hydrogen-bond donors (Lipinski definition) is 2. The lowest BCUT2D eigenvalue weighted by molar-refractivity contribution is -0.209. The Hall–Kier alpha value is -0.580. The first-order valence-corrected chi connectivity index (χ1v) is 7.98. The zero-order valence-corrected chi connectivity index (χ0v) is 13.4. The average molecular weight is 393 g/mol. The van der Waals surface area contributed by atoms with Crippen molar-refractivity contribution in [1.82, 2.24) is 9.71 Å². The molecule has 0 saturated carbocycles. The predicted molar refractivity (Wildman–Crippen MR) is 73.1 cm³/mol. The Morgan fingerprint density at radius 1 is 1.52 bits per heavy atom. The van der Waals surface area contributed by atoms with Gasteiger partial charge >= 0.3 is 6.18 Å². The lowest BCUT2D eigenvalue weighted by Crippen LogP contribution is -2.46. The lowest BCUT2D eigenvalue weighted by Gasteiger charge is -2.32. The fraction of sp³-hybridized carbons (Fsp3) is 0.545. The molecular weight excluding hydrogens is 380 g/mol. The maximum Gasteiger partial charge on any atom is 0.414 e. The van der Waals surface area contributed by atoms with Gasteiger partial charge in [0.05, 0.1) is 16.5 Å². The molecule has 2 N–H and O–H groups in total. The topological polar surface area (TPSA) is 62.2 Å². The second-order valence-corrected chi connectivity index (χ2v) is 6.67. The molecule has 0 fully saturated rings. The molecule has 1 rings (SSSR count). The molecular formula is C11H13BrF4N2O2S. The van der Waals surface area contributed by atoms with Crippen molar-refractivity contribution in [2.75, 3.05) is 6.26 Å². The average Bonchev–Trinajstić information content (AvgIpc) is 2.29. The van der Waals surface area contributed by atoms with E-state index < -0.39 is 41.2 Å². The highest BCUT2D eigenvalue weighted by molar-refractivity contribution is 9.10. The smallest absolute Gasteiger partial charge is 0.384 e. The van der Waals surface area contributed by atoms with Crippen LogP contribution in [0.5, 0.6) is 0 Å². The van der Waals surface area contributed by atoms with Gasteiger partial charge in [-0.1, -0.05) is 0 Å². The SMILES string of the molecule is CS(=O)N[C@@](C)(C[C@H](O)C(F)(F)F)c1cc(Br)cnc1F. The molecule has 0 bridgehead atoms. The molecule has 1 aromatic rings. The molecule has 0 aliphatic rings. The summed E-state index contributed by atoms with van der Waals surface area (Å²) in [5.41, 5.74) is -1.94. The molecule has 120 valence electrons. The molecule has 0 aromatic carbocycles. The van der Waals surface area contributed by atoms with Gasteiger partial charge in [0.1, 0.15) is 0 Å². The molecule has 1 unspecified atom stereocenters. The van der Waals surface area contributed by atoms with E-state index in [1.54, 1.807) is 0 Å². The molecule has 1 heterocycles. The lowest BCUT2D eigenvalue weighted by atomic mass is 9.88. The van der Waals surface area contributed by atoms with Gasteiger partial charge in [-0.25, -0.2) is 13.9 Å². The fourth-order valence-electron chi connectivity index (χ4n) is 1.84. The van der Waals surface area contributed by atoms with Gasteiger partial charge < -0.3 is 5.11 Å². The molecule has 0 aliphatic carbocycles. The van der Waals surface area contributed by atoms with Gasteiger partial charge in [-0.3, -0.25) is 0 Å². The summed E-state index contributed by atoms with van der Waals surface area (Å²) in [5.74, 6) is -1.01. The molecule has 21 heavy (non-hydrogen) atoms. The van der Waals surface area contributed by atoms with Crippen molar-refractivity contribution in [3.8, 4) is 0 Å². The van der Waals surface area contributed by atoms with Gasteiger partial charge in [0.15, 0.2) is 6.10 Å². The van der Waals surface area contributed by atoms with Crippen molar-refractivity contribution in [3.05, 3.63) is 28.2 Å². The van der Waals surface area contributed by atoms with Crippen molar-refractivity contribution >= 4 is 26.9 Å². The summed E-state index contributed by atoms with van der Waals surface area (Å²) in [6, 6.07) is 1.23. The Morgan fingerprint density at radius 2 is 2.10 bits per heavy atom. The van der Waals surface area contributed by atoms with Crippen LogP contribution in [0.2, 0.25) is 0 Å². The zero-order chi connectivity index (χ0) is 16.4. The number of halogens is 5. The van der Waals surface area contributed by atoms with Crippen LogP contribution >= 0.6 is 15.9 Å². The van der Waals surface area contributed by atoms with Crippen LogP contribution < -0.4 is 4.72 Å². The first kappa shape index (κ1) is 18.5. The highest BCUT2D eigenvalue weighted by Gasteiger charge is 2.44. The Morgan fingerprint density at radius 3 is 2.57 bits per heavy atom. The maximum atomic E-state index is 13.8. The minimum atomic E-state index is -4.87. The number of aliphatic hydroxyl groups is 1. The summed E-state index contributed by atoms with van der Waals surface area (Å²) < 4.78 is 65.5. The van der Waals surface area contributed by atoms with Gasteiger partial charge in [-0.15, -0.1) is 0 Å². The van der Waals surface area contributed by atoms with E-state index in [1.807, 2.05) is 0 Å². The maximum absolute atomic E-state index is 13.8. The molecule has 0 amide bonds. The highest BCUT2D eigenvalue weighted by atomic mass is 79.9. The number of hydrogen-bond acceptors (Lipinski definition) is 3. The Labute approximate surface area is 129 Å². The Balaban J connectivity index is 3.26. The number of aliphatic hydroxyl groups excluding tert-OH is 1. The van der Waals surface area contributed by atoms with Crippen molar-refractivity contribution in [2.24, 2.45) is 0 Å². The van der Waals surface area contributed by atoms with E-state index in [4.69, 9.17) is 0 Å². The molecule has 4 nitrogen and oxygen atoms in total. The monoisotopic (exact) mass is 392 g/mol. The second kappa shape index (κ2) is 6.67. The number of aromatic nitrogens is 1. The minimum Gasteiger partial charge on any atom is -0.384 e. The largest absolute Gasteiger partial charge is 0.414 e. The van der Waals surface area contributed by atoms with Crippen LogP contribution in [0.1, 0.15) is 18.9 Å². The molecule has 10 heteroatoms. The molecule has 0 saturated heterocycles. The minimum absolute atomic E-state index is 0.227. The third-order valence-corrected chi connectivity index (χ3v) is 3.92. The van der Waals surface area contributed by atoms with Crippen LogP contribution in [0.4, 0.5) is 17.6 Å². The van der Waals surface area contributed by atoms with Gasteiger partial charge in [0.2, 0.25) is 5.95 Å². The predicted octanol–water partition coefficient (Wildman–Crippen LogP) is 2.39. The molecule has 0 spiro atoms. The number of nitrogens with one attached hydrogen (secondary N) is 1. The first-order chi connectivity index (χ1) is 9.45. The van der Waals surface area contributed by atoms with E-state index in [-0.39, 0.29) is 5.56 Å². The third-order valence-electron chi connectivity index (χ3n) is 2.75. The standard InChI is InChI=1S/C11H13BrF4N2O2S/c1-10(18-21(2)20,4-8(19)11(14,15)16)7-3-6(12)5-17-9(7)13/h3,5,8,18-19H,4H2,1-2H3/t8-,10-,21?/m0/s1. The summed E-state index contributed by atoms with van der Waals surface area (Å²) >= 11 is 3.04. The van der Waals surface area contributed by atoms with Crippen molar-refractivity contribution in [3.63, 3.8) is 0 Å². The van der Waals surface area contributed by atoms with E-state index in [0.29, 0.717) is 4.47 Å². The number of pyridine rings is 1. The van der Waals surface area contributed by atoms with Crippen LogP contribution in [0.25, 0.3) is 0 Å². The van der Waals surface area contributed by atoms with Gasteiger partial charge in [-0.2, -0.15) is 17.6 Å². The van der Waals surface area contributed by atoms with Crippen molar-refractivity contribution in [1.29, 1.82) is 0 Å². The van der Waals surface area contributed by atoms with Crippen LogP contribution in [-0.4, -0.2) is 32.8 Å². The molecule has 0 aliphatic heterocycles. The van der Waals surface area contributed by atoms with E-state index in [9.17, 15) is 26.9 Å².